The number of carbonyl (C=O) groups excluding carboxylic acids is 1. The summed E-state index contributed by atoms with van der Waals surface area (Å²) in [6, 6.07) is 4.61. The fourth-order valence-electron chi connectivity index (χ4n) is 1.27. The lowest BCUT2D eigenvalue weighted by Crippen LogP contribution is -2.31. The topological polar surface area (TPSA) is 70.6 Å². The molecule has 3 N–H and O–H groups in total. The second-order valence-electron chi connectivity index (χ2n) is 3.59. The van der Waals surface area contributed by atoms with Crippen LogP contribution in [0.25, 0.3) is 0 Å². The Hall–Kier alpha value is -1.46. The highest BCUT2D eigenvalue weighted by atomic mass is 35.5. The zero-order chi connectivity index (χ0) is 13.4. The van der Waals surface area contributed by atoms with Crippen LogP contribution in [0, 0.1) is 0 Å². The average molecular weight is 273 g/mol. The Morgan fingerprint density at radius 2 is 2.28 bits per heavy atom. The highest BCUT2D eigenvalue weighted by Gasteiger charge is 2.08. The molecule has 0 aliphatic rings. The number of benzene rings is 1. The van der Waals surface area contributed by atoms with Crippen LogP contribution < -0.4 is 15.4 Å². The molecule has 1 rings (SSSR count). The second-order valence-corrected chi connectivity index (χ2v) is 4.03. The van der Waals surface area contributed by atoms with Crippen LogP contribution in [-0.2, 0) is 0 Å². The van der Waals surface area contributed by atoms with E-state index in [9.17, 15) is 4.79 Å². The fourth-order valence-corrected chi connectivity index (χ4v) is 1.45. The number of nitrogens with one attached hydrogen (secondary N) is 2. The lowest BCUT2D eigenvalue weighted by atomic mass is 10.3. The molecule has 0 aliphatic heterocycles. The van der Waals surface area contributed by atoms with Crippen LogP contribution in [0.4, 0.5) is 10.5 Å². The SMILES string of the molecule is CCCOc1ccc(Cl)cc1NC(=O)NCCO. The number of halogens is 1. The molecular formula is C12H17ClN2O3. The summed E-state index contributed by atoms with van der Waals surface area (Å²) in [5.41, 5.74) is 0.506. The normalized spacial score (nSPS) is 9.94. The first-order valence-corrected chi connectivity index (χ1v) is 6.13. The van der Waals surface area contributed by atoms with Crippen molar-refractivity contribution >= 4 is 23.3 Å². The summed E-state index contributed by atoms with van der Waals surface area (Å²) < 4.78 is 5.50. The molecule has 0 atom stereocenters. The predicted octanol–water partition coefficient (Wildman–Crippen LogP) is 2.24. The molecule has 1 aromatic rings. The summed E-state index contributed by atoms with van der Waals surface area (Å²) in [4.78, 5) is 11.5. The fraction of sp³-hybridized carbons (Fsp3) is 0.417. The number of amides is 2. The number of aliphatic hydroxyl groups is 1. The number of urea groups is 1. The van der Waals surface area contributed by atoms with Crippen molar-refractivity contribution in [3.63, 3.8) is 0 Å². The zero-order valence-electron chi connectivity index (χ0n) is 10.2. The molecule has 0 saturated carbocycles. The van der Waals surface area contributed by atoms with Crippen molar-refractivity contribution in [3.05, 3.63) is 23.2 Å². The lowest BCUT2D eigenvalue weighted by Gasteiger charge is -2.12. The molecule has 0 unspecified atom stereocenters. The summed E-state index contributed by atoms with van der Waals surface area (Å²) in [6.07, 6.45) is 0.874. The van der Waals surface area contributed by atoms with Gasteiger partial charge in [0, 0.05) is 11.6 Å². The van der Waals surface area contributed by atoms with Gasteiger partial charge in [-0.25, -0.2) is 4.79 Å². The Balaban J connectivity index is 2.71. The molecule has 0 aromatic heterocycles. The van der Waals surface area contributed by atoms with E-state index in [0.717, 1.165) is 6.42 Å². The summed E-state index contributed by atoms with van der Waals surface area (Å²) >= 11 is 5.87. The second kappa shape index (κ2) is 7.79. The van der Waals surface area contributed by atoms with Gasteiger partial charge < -0.3 is 20.5 Å². The van der Waals surface area contributed by atoms with Crippen molar-refractivity contribution in [2.75, 3.05) is 25.1 Å². The quantitative estimate of drug-likeness (QED) is 0.744. The van der Waals surface area contributed by atoms with Crippen LogP contribution in [0.2, 0.25) is 5.02 Å². The van der Waals surface area contributed by atoms with Gasteiger partial charge in [0.25, 0.3) is 0 Å². The maximum Gasteiger partial charge on any atom is 0.319 e. The molecule has 2 amide bonds. The Bertz CT molecular complexity index is 399. The van der Waals surface area contributed by atoms with Gasteiger partial charge >= 0.3 is 6.03 Å². The highest BCUT2D eigenvalue weighted by molar-refractivity contribution is 6.31. The molecule has 6 heteroatoms. The van der Waals surface area contributed by atoms with E-state index in [-0.39, 0.29) is 13.2 Å². The van der Waals surface area contributed by atoms with Gasteiger partial charge in [0.1, 0.15) is 5.75 Å². The largest absolute Gasteiger partial charge is 0.491 e. The van der Waals surface area contributed by atoms with Gasteiger partial charge in [0.15, 0.2) is 0 Å². The molecule has 0 radical (unpaired) electrons. The van der Waals surface area contributed by atoms with E-state index in [1.54, 1.807) is 18.2 Å². The van der Waals surface area contributed by atoms with Crippen molar-refractivity contribution < 1.29 is 14.6 Å². The van der Waals surface area contributed by atoms with Gasteiger partial charge in [-0.15, -0.1) is 0 Å². The Kier molecular flexibility index (Phi) is 6.32. The molecule has 5 nitrogen and oxygen atoms in total. The number of hydrogen-bond acceptors (Lipinski definition) is 3. The summed E-state index contributed by atoms with van der Waals surface area (Å²) in [5, 5.41) is 14.2. The maximum absolute atomic E-state index is 11.5. The summed E-state index contributed by atoms with van der Waals surface area (Å²) in [5.74, 6) is 0.570. The van der Waals surface area contributed by atoms with Gasteiger partial charge in [0.2, 0.25) is 0 Å². The standard InChI is InChI=1S/C12H17ClN2O3/c1-2-7-18-11-4-3-9(13)8-10(11)15-12(17)14-5-6-16/h3-4,8,16H,2,5-7H2,1H3,(H2,14,15,17). The minimum absolute atomic E-state index is 0.109. The summed E-state index contributed by atoms with van der Waals surface area (Å²) in [7, 11) is 0. The molecule has 0 fully saturated rings. The van der Waals surface area contributed by atoms with E-state index >= 15 is 0 Å². The van der Waals surface area contributed by atoms with Crippen LogP contribution in [0.15, 0.2) is 18.2 Å². The van der Waals surface area contributed by atoms with E-state index in [2.05, 4.69) is 10.6 Å². The Labute approximate surface area is 111 Å². The number of ether oxygens (including phenoxy) is 1. The maximum atomic E-state index is 11.5. The Morgan fingerprint density at radius 3 is 2.94 bits per heavy atom. The number of anilines is 1. The van der Waals surface area contributed by atoms with Crippen LogP contribution in [0.5, 0.6) is 5.75 Å². The minimum Gasteiger partial charge on any atom is -0.491 e. The first kappa shape index (κ1) is 14.6. The molecule has 0 bridgehead atoms. The van der Waals surface area contributed by atoms with Gasteiger partial charge in [0.05, 0.1) is 18.9 Å². The Morgan fingerprint density at radius 1 is 1.50 bits per heavy atom. The monoisotopic (exact) mass is 272 g/mol. The smallest absolute Gasteiger partial charge is 0.319 e. The van der Waals surface area contributed by atoms with E-state index in [1.807, 2.05) is 6.92 Å². The first-order valence-electron chi connectivity index (χ1n) is 5.75. The van der Waals surface area contributed by atoms with Crippen LogP contribution in [0.3, 0.4) is 0 Å². The van der Waals surface area contributed by atoms with Gasteiger partial charge in [-0.1, -0.05) is 18.5 Å². The third kappa shape index (κ3) is 4.81. The van der Waals surface area contributed by atoms with Crippen LogP contribution in [0.1, 0.15) is 13.3 Å². The van der Waals surface area contributed by atoms with Crippen LogP contribution in [-0.4, -0.2) is 30.9 Å². The molecule has 0 aliphatic carbocycles. The molecule has 100 valence electrons. The van der Waals surface area contributed by atoms with Gasteiger partial charge in [-0.05, 0) is 24.6 Å². The highest BCUT2D eigenvalue weighted by Crippen LogP contribution is 2.28. The molecule has 0 heterocycles. The van der Waals surface area contributed by atoms with E-state index in [4.69, 9.17) is 21.4 Å². The van der Waals surface area contributed by atoms with E-state index in [1.165, 1.54) is 0 Å². The van der Waals surface area contributed by atoms with E-state index < -0.39 is 6.03 Å². The molecule has 0 saturated heterocycles. The van der Waals surface area contributed by atoms with Crippen molar-refractivity contribution in [1.29, 1.82) is 0 Å². The number of rotatable bonds is 6. The van der Waals surface area contributed by atoms with Crippen molar-refractivity contribution in [2.24, 2.45) is 0 Å². The van der Waals surface area contributed by atoms with Crippen molar-refractivity contribution in [3.8, 4) is 5.75 Å². The van der Waals surface area contributed by atoms with Crippen molar-refractivity contribution in [1.82, 2.24) is 5.32 Å². The lowest BCUT2D eigenvalue weighted by molar-refractivity contribution is 0.244. The van der Waals surface area contributed by atoms with Crippen LogP contribution >= 0.6 is 11.6 Å². The van der Waals surface area contributed by atoms with E-state index in [0.29, 0.717) is 23.1 Å². The number of carbonyl (C=O) groups is 1. The van der Waals surface area contributed by atoms with Gasteiger partial charge in [-0.3, -0.25) is 0 Å². The number of aliphatic hydroxyl groups excluding tert-OH is 1. The molecule has 0 spiro atoms. The predicted molar refractivity (Wildman–Crippen MR) is 71.3 cm³/mol. The first-order chi connectivity index (χ1) is 8.67. The molecular weight excluding hydrogens is 256 g/mol. The third-order valence-electron chi connectivity index (χ3n) is 2.05. The minimum atomic E-state index is -0.410. The van der Waals surface area contributed by atoms with Crippen molar-refractivity contribution in [2.45, 2.75) is 13.3 Å². The summed E-state index contributed by atoms with van der Waals surface area (Å²) in [6.45, 7) is 2.64. The average Bonchev–Trinajstić information content (AvgIpc) is 2.35. The third-order valence-corrected chi connectivity index (χ3v) is 2.28. The molecule has 18 heavy (non-hydrogen) atoms. The van der Waals surface area contributed by atoms with Gasteiger partial charge in [-0.2, -0.15) is 0 Å². The number of hydrogen-bond donors (Lipinski definition) is 3. The molecule has 1 aromatic carbocycles. The zero-order valence-corrected chi connectivity index (χ0v) is 11.0.